The largest absolute Gasteiger partial charge is 0.472 e. The van der Waals surface area contributed by atoms with E-state index in [0.717, 1.165) is 108 Å². The molecular weight excluding hydrogens is 1330 g/mol. The van der Waals surface area contributed by atoms with Crippen molar-refractivity contribution in [2.75, 3.05) is 39.6 Å². The van der Waals surface area contributed by atoms with Gasteiger partial charge in [-0.1, -0.05) is 382 Å². The summed E-state index contributed by atoms with van der Waals surface area (Å²) in [7, 11) is -9.93. The lowest BCUT2D eigenvalue weighted by Crippen LogP contribution is -2.30. The molecule has 4 unspecified atom stereocenters. The van der Waals surface area contributed by atoms with Crippen LogP contribution in [0.5, 0.6) is 0 Å². The first kappa shape index (κ1) is 100. The molecule has 7 atom stereocenters. The molecule has 0 aliphatic heterocycles. The summed E-state index contributed by atoms with van der Waals surface area (Å²) in [5, 5.41) is 10.7. The third kappa shape index (κ3) is 73.6. The van der Waals surface area contributed by atoms with Crippen LogP contribution in [0.15, 0.2) is 0 Å². The maximum Gasteiger partial charge on any atom is 0.472 e. The molecule has 0 aromatic carbocycles. The zero-order chi connectivity index (χ0) is 75.1. The van der Waals surface area contributed by atoms with Crippen molar-refractivity contribution in [3.05, 3.63) is 0 Å². The highest BCUT2D eigenvalue weighted by Crippen LogP contribution is 2.45. The third-order valence-corrected chi connectivity index (χ3v) is 22.0. The van der Waals surface area contributed by atoms with Gasteiger partial charge in [-0.15, -0.1) is 0 Å². The smallest absolute Gasteiger partial charge is 0.462 e. The summed E-state index contributed by atoms with van der Waals surface area (Å²) in [4.78, 5) is 73.1. The number of phosphoric acid groups is 2. The van der Waals surface area contributed by atoms with Crippen molar-refractivity contribution in [3.63, 3.8) is 0 Å². The quantitative estimate of drug-likeness (QED) is 0.0222. The minimum atomic E-state index is -4.96. The van der Waals surface area contributed by atoms with E-state index in [2.05, 4.69) is 48.5 Å². The van der Waals surface area contributed by atoms with Gasteiger partial charge in [0.25, 0.3) is 0 Å². The molecule has 606 valence electrons. The minimum Gasteiger partial charge on any atom is -0.462 e. The summed E-state index contributed by atoms with van der Waals surface area (Å²) in [6.07, 6.45) is 62.4. The molecule has 17 nitrogen and oxygen atoms in total. The molecule has 0 bridgehead atoms. The predicted octanol–water partition coefficient (Wildman–Crippen LogP) is 24.9. The van der Waals surface area contributed by atoms with E-state index in [1.165, 1.54) is 244 Å². The molecule has 19 heteroatoms. The van der Waals surface area contributed by atoms with Crippen molar-refractivity contribution >= 4 is 39.5 Å². The van der Waals surface area contributed by atoms with Crippen LogP contribution >= 0.6 is 15.6 Å². The van der Waals surface area contributed by atoms with Crippen molar-refractivity contribution < 1.29 is 80.2 Å². The molecule has 0 fully saturated rings. The van der Waals surface area contributed by atoms with Gasteiger partial charge in [-0.05, 0) is 43.4 Å². The van der Waals surface area contributed by atoms with Crippen LogP contribution in [0, 0.1) is 17.8 Å². The Labute approximate surface area is 626 Å². The zero-order valence-corrected chi connectivity index (χ0v) is 68.9. The molecule has 3 N–H and O–H groups in total. The summed E-state index contributed by atoms with van der Waals surface area (Å²) in [6.45, 7) is 12.0. The molecule has 0 amide bonds. The first-order valence-corrected chi connectivity index (χ1v) is 45.9. The standard InChI is InChI=1S/C83H162O17P2/c1-8-11-12-13-14-15-16-17-18-19-20-21-22-23-24-25-30-36-45-52-59-66-82(87)99-78(70-93-80(85)64-57-50-43-35-29-27-26-28-33-40-47-54-61-74(4)5)72-97-101(89,90)95-68-77(84)69-96-102(91,92)98-73-79(71-94-81(86)65-58-51-44-39-38-42-49-56-63-76(7)10-3)100-83(88)67-60-53-46-37-32-31-34-41-48-55-62-75(6)9-2/h74-79,84H,8-73H2,1-7H3,(H,89,90)(H,91,92)/t75?,76?,77-,78-,79-/m1/s1. The van der Waals surface area contributed by atoms with Crippen LogP contribution in [0.4, 0.5) is 0 Å². The lowest BCUT2D eigenvalue weighted by atomic mass is 9.99. The molecule has 0 saturated carbocycles. The number of carbonyl (C=O) groups excluding carboxylic acids is 4. The molecule has 0 saturated heterocycles. The van der Waals surface area contributed by atoms with Crippen molar-refractivity contribution in [1.82, 2.24) is 0 Å². The van der Waals surface area contributed by atoms with Crippen LogP contribution in [-0.4, -0.2) is 96.7 Å². The Morgan fingerprint density at radius 1 is 0.284 bits per heavy atom. The number of carbonyl (C=O) groups is 4. The van der Waals surface area contributed by atoms with Crippen molar-refractivity contribution in [3.8, 4) is 0 Å². The third-order valence-electron chi connectivity index (χ3n) is 20.1. The molecule has 0 aliphatic rings. The molecule has 0 aromatic heterocycles. The fourth-order valence-corrected chi connectivity index (χ4v) is 14.4. The number of unbranched alkanes of at least 4 members (excludes halogenated alkanes) is 47. The number of hydrogen-bond acceptors (Lipinski definition) is 15. The monoisotopic (exact) mass is 1490 g/mol. The number of aliphatic hydroxyl groups excluding tert-OH is 1. The second-order valence-electron chi connectivity index (χ2n) is 30.8. The van der Waals surface area contributed by atoms with E-state index >= 15 is 0 Å². The second-order valence-corrected chi connectivity index (χ2v) is 33.7. The van der Waals surface area contributed by atoms with Gasteiger partial charge >= 0.3 is 39.5 Å². The second kappa shape index (κ2) is 73.2. The Bertz CT molecular complexity index is 1980. The van der Waals surface area contributed by atoms with Gasteiger partial charge in [-0.3, -0.25) is 37.3 Å². The fraction of sp³-hybridized carbons (Fsp3) is 0.952. The minimum absolute atomic E-state index is 0.106. The summed E-state index contributed by atoms with van der Waals surface area (Å²) < 4.78 is 68.8. The van der Waals surface area contributed by atoms with E-state index in [1.807, 2.05) is 0 Å². The van der Waals surface area contributed by atoms with Gasteiger partial charge in [-0.25, -0.2) is 9.13 Å². The van der Waals surface area contributed by atoms with E-state index in [-0.39, 0.29) is 25.7 Å². The average Bonchev–Trinajstić information content (AvgIpc) is 0.914. The molecular formula is C83H162O17P2. The molecule has 0 heterocycles. The lowest BCUT2D eigenvalue weighted by molar-refractivity contribution is -0.161. The van der Waals surface area contributed by atoms with Gasteiger partial charge in [0.2, 0.25) is 0 Å². The Hall–Kier alpha value is -1.94. The number of esters is 4. The topological polar surface area (TPSA) is 237 Å². The first-order valence-electron chi connectivity index (χ1n) is 42.9. The van der Waals surface area contributed by atoms with E-state index in [4.69, 9.17) is 37.0 Å². The van der Waals surface area contributed by atoms with Crippen LogP contribution in [0.25, 0.3) is 0 Å². The summed E-state index contributed by atoms with van der Waals surface area (Å²) in [6, 6.07) is 0. The molecule has 102 heavy (non-hydrogen) atoms. The van der Waals surface area contributed by atoms with Crippen LogP contribution in [0.1, 0.15) is 434 Å². The molecule has 0 aromatic rings. The van der Waals surface area contributed by atoms with Gasteiger partial charge in [-0.2, -0.15) is 0 Å². The Morgan fingerprint density at radius 3 is 0.745 bits per heavy atom. The molecule has 0 spiro atoms. The highest BCUT2D eigenvalue weighted by atomic mass is 31.2. The Balaban J connectivity index is 5.25. The van der Waals surface area contributed by atoms with Gasteiger partial charge < -0.3 is 33.8 Å². The van der Waals surface area contributed by atoms with Crippen molar-refractivity contribution in [1.29, 1.82) is 0 Å². The summed E-state index contributed by atoms with van der Waals surface area (Å²) in [5.74, 6) is 0.253. The van der Waals surface area contributed by atoms with E-state index in [0.29, 0.717) is 25.7 Å². The van der Waals surface area contributed by atoms with Gasteiger partial charge in [0.05, 0.1) is 26.4 Å². The number of hydrogen-bond donors (Lipinski definition) is 3. The lowest BCUT2D eigenvalue weighted by Gasteiger charge is -2.21. The normalized spacial score (nSPS) is 14.5. The number of ether oxygens (including phenoxy) is 4. The summed E-state index contributed by atoms with van der Waals surface area (Å²) >= 11 is 0. The molecule has 0 aliphatic carbocycles. The van der Waals surface area contributed by atoms with Crippen LogP contribution in [0.3, 0.4) is 0 Å². The van der Waals surface area contributed by atoms with E-state index < -0.39 is 97.5 Å². The SMILES string of the molecule is CCCCCCCCCCCCCCCCCCCCCCCC(=O)O[C@H](COC(=O)CCCCCCCCCCCCCCC(C)C)COP(=O)(O)OC[C@@H](O)COP(=O)(O)OC[C@@H](COC(=O)CCCCCCCCCCC(C)CC)OC(=O)CCCCCCCCCCCCC(C)CC. The average molecular weight is 1490 g/mol. The highest BCUT2D eigenvalue weighted by molar-refractivity contribution is 7.47. The maximum absolute atomic E-state index is 13.1. The number of phosphoric ester groups is 2. The van der Waals surface area contributed by atoms with Crippen LogP contribution in [-0.2, 0) is 65.4 Å². The predicted molar refractivity (Wildman–Crippen MR) is 418 cm³/mol. The molecule has 0 rings (SSSR count). The number of rotatable bonds is 81. The van der Waals surface area contributed by atoms with Crippen LogP contribution < -0.4 is 0 Å². The van der Waals surface area contributed by atoms with Crippen LogP contribution in [0.2, 0.25) is 0 Å². The van der Waals surface area contributed by atoms with Crippen molar-refractivity contribution in [2.24, 2.45) is 17.8 Å². The summed E-state index contributed by atoms with van der Waals surface area (Å²) in [5.41, 5.74) is 0. The fourth-order valence-electron chi connectivity index (χ4n) is 12.8. The van der Waals surface area contributed by atoms with Crippen molar-refractivity contribution in [2.45, 2.75) is 452 Å². The van der Waals surface area contributed by atoms with E-state index in [1.54, 1.807) is 0 Å². The number of aliphatic hydroxyl groups is 1. The van der Waals surface area contributed by atoms with E-state index in [9.17, 15) is 43.2 Å². The Kier molecular flexibility index (Phi) is 71.8. The highest BCUT2D eigenvalue weighted by Gasteiger charge is 2.30. The van der Waals surface area contributed by atoms with Gasteiger partial charge in [0, 0.05) is 25.7 Å². The maximum atomic E-state index is 13.1. The van der Waals surface area contributed by atoms with Gasteiger partial charge in [0.1, 0.15) is 19.3 Å². The van der Waals surface area contributed by atoms with Gasteiger partial charge in [0.15, 0.2) is 12.2 Å². The first-order chi connectivity index (χ1) is 49.3. The Morgan fingerprint density at radius 2 is 0.500 bits per heavy atom. The molecule has 0 radical (unpaired) electrons. The zero-order valence-electron chi connectivity index (χ0n) is 67.1.